The van der Waals surface area contributed by atoms with Crippen molar-refractivity contribution in [2.75, 3.05) is 13.2 Å². The highest BCUT2D eigenvalue weighted by molar-refractivity contribution is 14.1. The standard InChI is InChI=1S/C27H21BrCl3IN2O3S/c1-3-34-26(35)24(38-27(34)33-17-6-7-18(28)20(30)13-17)12-16-10-22(32)25(23(11-16)36-4-2)37-14-15-5-8-19(29)21(31)9-15/h5-13H,3-4,14H2,1-2H3/b24-12+,33-27?. The van der Waals surface area contributed by atoms with E-state index >= 15 is 0 Å². The largest absolute Gasteiger partial charge is 0.490 e. The van der Waals surface area contributed by atoms with E-state index in [2.05, 4.69) is 43.5 Å². The number of amidine groups is 1. The van der Waals surface area contributed by atoms with Crippen molar-refractivity contribution >= 4 is 108 Å². The maximum Gasteiger partial charge on any atom is 0.266 e. The van der Waals surface area contributed by atoms with Gasteiger partial charge < -0.3 is 9.47 Å². The number of carbonyl (C=O) groups is 1. The minimum Gasteiger partial charge on any atom is -0.490 e. The van der Waals surface area contributed by atoms with Crippen molar-refractivity contribution in [2.45, 2.75) is 20.5 Å². The molecule has 0 bridgehead atoms. The summed E-state index contributed by atoms with van der Waals surface area (Å²) < 4.78 is 13.6. The normalized spacial score (nSPS) is 15.6. The molecule has 0 saturated carbocycles. The van der Waals surface area contributed by atoms with Crippen molar-refractivity contribution < 1.29 is 14.3 Å². The van der Waals surface area contributed by atoms with E-state index in [1.54, 1.807) is 23.1 Å². The molecule has 0 aromatic heterocycles. The predicted molar refractivity (Wildman–Crippen MR) is 170 cm³/mol. The first-order valence-corrected chi connectivity index (χ1v) is 15.3. The van der Waals surface area contributed by atoms with E-state index in [0.29, 0.717) is 62.1 Å². The SMILES string of the molecule is CCOc1cc(/C=C2/SC(=Nc3ccc(Br)c(Cl)c3)N(CC)C2=O)cc(I)c1OCc1ccc(Cl)c(Cl)c1. The van der Waals surface area contributed by atoms with Crippen LogP contribution in [0.2, 0.25) is 15.1 Å². The molecule has 1 aliphatic heterocycles. The first-order valence-electron chi connectivity index (χ1n) is 11.5. The number of rotatable bonds is 8. The third-order valence-electron chi connectivity index (χ3n) is 5.33. The molecule has 198 valence electrons. The lowest BCUT2D eigenvalue weighted by Crippen LogP contribution is -2.28. The van der Waals surface area contributed by atoms with E-state index in [1.807, 2.05) is 50.3 Å². The van der Waals surface area contributed by atoms with Crippen LogP contribution in [0.25, 0.3) is 6.08 Å². The Hall–Kier alpha value is -1.43. The van der Waals surface area contributed by atoms with Crippen molar-refractivity contribution in [1.82, 2.24) is 4.90 Å². The zero-order chi connectivity index (χ0) is 27.4. The summed E-state index contributed by atoms with van der Waals surface area (Å²) in [5, 5.41) is 2.12. The van der Waals surface area contributed by atoms with Crippen molar-refractivity contribution in [3.8, 4) is 11.5 Å². The van der Waals surface area contributed by atoms with E-state index in [0.717, 1.165) is 19.2 Å². The molecule has 0 N–H and O–H groups in total. The van der Waals surface area contributed by atoms with Crippen LogP contribution in [-0.2, 0) is 11.4 Å². The first kappa shape index (κ1) is 29.6. The number of carbonyl (C=O) groups excluding carboxylic acids is 1. The predicted octanol–water partition coefficient (Wildman–Crippen LogP) is 9.62. The number of amides is 1. The number of nitrogens with zero attached hydrogens (tertiary/aromatic N) is 2. The van der Waals surface area contributed by atoms with E-state index < -0.39 is 0 Å². The fourth-order valence-corrected chi connectivity index (χ4v) is 6.13. The number of likely N-dealkylation sites (N-methyl/N-ethyl adjacent to an activating group) is 1. The fourth-order valence-electron chi connectivity index (χ4n) is 3.55. The average molecular weight is 767 g/mol. The lowest BCUT2D eigenvalue weighted by molar-refractivity contribution is -0.122. The van der Waals surface area contributed by atoms with Crippen LogP contribution in [0.3, 0.4) is 0 Å². The zero-order valence-corrected chi connectivity index (χ0v) is 27.1. The quantitative estimate of drug-likeness (QED) is 0.169. The molecule has 0 spiro atoms. The van der Waals surface area contributed by atoms with Gasteiger partial charge in [0.1, 0.15) is 6.61 Å². The Labute approximate surface area is 262 Å². The number of thioether (sulfide) groups is 1. The van der Waals surface area contributed by atoms with Gasteiger partial charge in [0, 0.05) is 11.0 Å². The van der Waals surface area contributed by atoms with Gasteiger partial charge in [-0.05, 0) is 124 Å². The first-order chi connectivity index (χ1) is 18.2. The Morgan fingerprint density at radius 3 is 2.50 bits per heavy atom. The molecule has 0 radical (unpaired) electrons. The molecule has 0 aliphatic carbocycles. The second-order valence-corrected chi connectivity index (χ2v) is 12.2. The van der Waals surface area contributed by atoms with Gasteiger partial charge in [0.15, 0.2) is 16.7 Å². The molecule has 0 unspecified atom stereocenters. The lowest BCUT2D eigenvalue weighted by atomic mass is 10.1. The molecule has 4 rings (SSSR count). The summed E-state index contributed by atoms with van der Waals surface area (Å²) in [6.45, 7) is 5.08. The van der Waals surface area contributed by atoms with Gasteiger partial charge >= 0.3 is 0 Å². The highest BCUT2D eigenvalue weighted by Gasteiger charge is 2.32. The summed E-state index contributed by atoms with van der Waals surface area (Å²) in [4.78, 5) is 20.1. The van der Waals surface area contributed by atoms with Crippen molar-refractivity contribution in [1.29, 1.82) is 0 Å². The van der Waals surface area contributed by atoms with E-state index in [4.69, 9.17) is 44.3 Å². The Morgan fingerprint density at radius 1 is 1.03 bits per heavy atom. The number of aliphatic imine (C=N–C) groups is 1. The van der Waals surface area contributed by atoms with Gasteiger partial charge in [0.05, 0.1) is 35.8 Å². The number of benzene rings is 3. The minimum atomic E-state index is -0.104. The number of hydrogen-bond donors (Lipinski definition) is 0. The Morgan fingerprint density at radius 2 is 1.82 bits per heavy atom. The van der Waals surface area contributed by atoms with E-state index in [-0.39, 0.29) is 5.91 Å². The third-order valence-corrected chi connectivity index (χ3v) is 9.11. The topological polar surface area (TPSA) is 51.1 Å². The molecule has 1 fully saturated rings. The molecule has 5 nitrogen and oxygen atoms in total. The van der Waals surface area contributed by atoms with Gasteiger partial charge in [-0.25, -0.2) is 4.99 Å². The van der Waals surface area contributed by atoms with Gasteiger partial charge in [-0.3, -0.25) is 9.69 Å². The summed E-state index contributed by atoms with van der Waals surface area (Å²) in [6, 6.07) is 14.6. The van der Waals surface area contributed by atoms with E-state index in [1.165, 1.54) is 11.8 Å². The molecule has 1 amide bonds. The van der Waals surface area contributed by atoms with Crippen LogP contribution in [0.5, 0.6) is 11.5 Å². The van der Waals surface area contributed by atoms with Crippen LogP contribution < -0.4 is 9.47 Å². The molecule has 3 aromatic carbocycles. The zero-order valence-electron chi connectivity index (χ0n) is 20.2. The molecule has 1 aliphatic rings. The lowest BCUT2D eigenvalue weighted by Gasteiger charge is -2.15. The van der Waals surface area contributed by atoms with Crippen LogP contribution in [0.1, 0.15) is 25.0 Å². The summed E-state index contributed by atoms with van der Waals surface area (Å²) in [7, 11) is 0. The third kappa shape index (κ3) is 7.01. The molecule has 0 atom stereocenters. The van der Waals surface area contributed by atoms with Gasteiger partial charge in [-0.1, -0.05) is 40.9 Å². The Balaban J connectivity index is 1.61. The summed E-state index contributed by atoms with van der Waals surface area (Å²) >= 11 is 25.3. The molecule has 1 saturated heterocycles. The fraction of sp³-hybridized carbons (Fsp3) is 0.185. The second-order valence-electron chi connectivity index (χ2n) is 7.95. The molecule has 11 heteroatoms. The smallest absolute Gasteiger partial charge is 0.266 e. The average Bonchev–Trinajstić information content (AvgIpc) is 3.16. The van der Waals surface area contributed by atoms with Crippen molar-refractivity contribution in [2.24, 2.45) is 4.99 Å². The monoisotopic (exact) mass is 764 g/mol. The number of ether oxygens (including phenoxy) is 2. The van der Waals surface area contributed by atoms with E-state index in [9.17, 15) is 4.79 Å². The summed E-state index contributed by atoms with van der Waals surface area (Å²) in [6.07, 6.45) is 1.85. The van der Waals surface area contributed by atoms with Crippen LogP contribution >= 0.6 is 85.1 Å². The van der Waals surface area contributed by atoms with Gasteiger partial charge in [0.2, 0.25) is 0 Å². The molecule has 1 heterocycles. The van der Waals surface area contributed by atoms with Crippen molar-refractivity contribution in [3.63, 3.8) is 0 Å². The van der Waals surface area contributed by atoms with Crippen LogP contribution in [0.15, 0.2) is 62.9 Å². The highest BCUT2D eigenvalue weighted by atomic mass is 127. The van der Waals surface area contributed by atoms with Crippen molar-refractivity contribution in [3.05, 3.63) is 87.7 Å². The van der Waals surface area contributed by atoms with Crippen LogP contribution in [0.4, 0.5) is 5.69 Å². The minimum absolute atomic E-state index is 0.104. The maximum atomic E-state index is 13.2. The van der Waals surface area contributed by atoms with Crippen LogP contribution in [0, 0.1) is 3.57 Å². The van der Waals surface area contributed by atoms with Crippen LogP contribution in [-0.4, -0.2) is 29.1 Å². The Kier molecular flexibility index (Phi) is 10.3. The summed E-state index contributed by atoms with van der Waals surface area (Å²) in [5.41, 5.74) is 2.37. The van der Waals surface area contributed by atoms with Gasteiger partial charge in [-0.15, -0.1) is 0 Å². The molecule has 3 aromatic rings. The van der Waals surface area contributed by atoms with Gasteiger partial charge in [0.25, 0.3) is 5.91 Å². The molecule has 38 heavy (non-hydrogen) atoms. The Bertz CT molecular complexity index is 1450. The van der Waals surface area contributed by atoms with Gasteiger partial charge in [-0.2, -0.15) is 0 Å². The maximum absolute atomic E-state index is 13.2. The number of halogens is 5. The highest BCUT2D eigenvalue weighted by Crippen LogP contribution is 2.39. The molecular weight excluding hydrogens is 746 g/mol. The number of hydrogen-bond acceptors (Lipinski definition) is 5. The second kappa shape index (κ2) is 13.3. The summed E-state index contributed by atoms with van der Waals surface area (Å²) in [5.74, 6) is 1.11. The molecular formula is C27H21BrCl3IN2O3S.